The zero-order chi connectivity index (χ0) is 21.3. The molecule has 2 aromatic rings. The largest absolute Gasteiger partial charge is 0.474 e. The number of halogens is 6. The van der Waals surface area contributed by atoms with Gasteiger partial charge in [-0.05, 0) is 28.1 Å². The van der Waals surface area contributed by atoms with E-state index in [9.17, 15) is 36.2 Å². The summed E-state index contributed by atoms with van der Waals surface area (Å²) in [6.07, 6.45) is -4.56. The van der Waals surface area contributed by atoms with Gasteiger partial charge in [0.25, 0.3) is 0 Å². The molecule has 0 heterocycles. The first-order valence-corrected chi connectivity index (χ1v) is 9.76. The SMILES string of the molecule is CS(=O)(=NC(=O)C(F)(F)F)c1ccc(Oc2cc(F)cc(F)c2)c(Br)c1C#N. The molecule has 2 aromatic carbocycles. The second kappa shape index (κ2) is 7.84. The Bertz CT molecular complexity index is 1100. The number of carbonyl (C=O) groups excluding carboxylic acids is 1. The van der Waals surface area contributed by atoms with E-state index >= 15 is 0 Å². The van der Waals surface area contributed by atoms with Gasteiger partial charge in [-0.1, -0.05) is 0 Å². The van der Waals surface area contributed by atoms with Crippen LogP contribution in [0.1, 0.15) is 5.56 Å². The molecule has 1 atom stereocenters. The van der Waals surface area contributed by atoms with Gasteiger partial charge in [0.05, 0.1) is 24.7 Å². The smallest absolute Gasteiger partial charge is 0.456 e. The molecule has 0 spiro atoms. The highest BCUT2D eigenvalue weighted by atomic mass is 79.9. The van der Waals surface area contributed by atoms with Crippen LogP contribution < -0.4 is 4.74 Å². The number of hydrogen-bond acceptors (Lipinski definition) is 4. The Kier molecular flexibility index (Phi) is 6.10. The minimum atomic E-state index is -5.33. The summed E-state index contributed by atoms with van der Waals surface area (Å²) in [5, 5.41) is 9.31. The van der Waals surface area contributed by atoms with Crippen LogP contribution in [0.3, 0.4) is 0 Å². The molecule has 0 aliphatic heterocycles. The number of amides is 1. The second-order valence-electron chi connectivity index (χ2n) is 5.27. The fourth-order valence-electron chi connectivity index (χ4n) is 2.01. The molecule has 1 unspecified atom stereocenters. The maximum atomic E-state index is 13.3. The summed E-state index contributed by atoms with van der Waals surface area (Å²) >= 11 is 2.98. The van der Waals surface area contributed by atoms with Gasteiger partial charge in [-0.15, -0.1) is 4.36 Å². The highest BCUT2D eigenvalue weighted by molar-refractivity contribution is 9.10. The molecule has 0 radical (unpaired) electrons. The van der Waals surface area contributed by atoms with E-state index < -0.39 is 43.9 Å². The molecule has 0 N–H and O–H groups in total. The minimum Gasteiger partial charge on any atom is -0.456 e. The topological polar surface area (TPSA) is 79.5 Å². The molecule has 0 saturated carbocycles. The Balaban J connectivity index is 2.55. The van der Waals surface area contributed by atoms with Crippen LogP contribution in [0.2, 0.25) is 0 Å². The molecule has 2 rings (SSSR count). The predicted octanol–water partition coefficient (Wildman–Crippen LogP) is 4.94. The molecule has 28 heavy (non-hydrogen) atoms. The molecule has 0 bridgehead atoms. The van der Waals surface area contributed by atoms with Gasteiger partial charge < -0.3 is 4.74 Å². The van der Waals surface area contributed by atoms with Crippen LogP contribution >= 0.6 is 15.9 Å². The van der Waals surface area contributed by atoms with Gasteiger partial charge in [0.2, 0.25) is 0 Å². The van der Waals surface area contributed by atoms with Crippen LogP contribution in [0.4, 0.5) is 22.0 Å². The molecule has 0 aromatic heterocycles. The summed E-state index contributed by atoms with van der Waals surface area (Å²) < 4.78 is 84.1. The maximum absolute atomic E-state index is 13.3. The Morgan fingerprint density at radius 3 is 2.29 bits per heavy atom. The second-order valence-corrected chi connectivity index (χ2v) is 8.29. The van der Waals surface area contributed by atoms with Gasteiger partial charge in [0.15, 0.2) is 0 Å². The lowest BCUT2D eigenvalue weighted by Crippen LogP contribution is -2.22. The zero-order valence-corrected chi connectivity index (χ0v) is 16.1. The summed E-state index contributed by atoms with van der Waals surface area (Å²) in [6.45, 7) is 0. The van der Waals surface area contributed by atoms with Gasteiger partial charge in [0.1, 0.15) is 29.2 Å². The van der Waals surface area contributed by atoms with E-state index in [-0.39, 0.29) is 16.0 Å². The number of alkyl halides is 3. The van der Waals surface area contributed by atoms with E-state index in [1.165, 1.54) is 0 Å². The fraction of sp³-hybridized carbons (Fsp3) is 0.125. The fourth-order valence-corrected chi connectivity index (χ4v) is 4.02. The van der Waals surface area contributed by atoms with Gasteiger partial charge in [-0.3, -0.25) is 4.79 Å². The lowest BCUT2D eigenvalue weighted by molar-refractivity contribution is -0.169. The van der Waals surface area contributed by atoms with E-state index in [1.54, 1.807) is 6.07 Å². The van der Waals surface area contributed by atoms with Crippen molar-refractivity contribution in [3.8, 4) is 17.6 Å². The van der Waals surface area contributed by atoms with Crippen LogP contribution in [-0.4, -0.2) is 22.5 Å². The molecule has 148 valence electrons. The number of benzene rings is 2. The highest BCUT2D eigenvalue weighted by Gasteiger charge is 2.40. The third kappa shape index (κ3) is 4.85. The van der Waals surface area contributed by atoms with Crippen molar-refractivity contribution in [1.82, 2.24) is 0 Å². The van der Waals surface area contributed by atoms with Crippen molar-refractivity contribution in [3.63, 3.8) is 0 Å². The van der Waals surface area contributed by atoms with Crippen molar-refractivity contribution in [2.24, 2.45) is 4.36 Å². The van der Waals surface area contributed by atoms with Crippen molar-refractivity contribution in [2.45, 2.75) is 11.1 Å². The van der Waals surface area contributed by atoms with Gasteiger partial charge in [-0.25, -0.2) is 13.0 Å². The van der Waals surface area contributed by atoms with Gasteiger partial charge in [0, 0.05) is 24.5 Å². The Morgan fingerprint density at radius 2 is 1.79 bits per heavy atom. The predicted molar refractivity (Wildman–Crippen MR) is 91.1 cm³/mol. The number of nitriles is 1. The molecule has 0 aliphatic rings. The first kappa shape index (κ1) is 21.8. The van der Waals surface area contributed by atoms with Crippen molar-refractivity contribution >= 4 is 31.6 Å². The summed E-state index contributed by atoms with van der Waals surface area (Å²) in [6, 6.07) is 6.02. The van der Waals surface area contributed by atoms with Gasteiger partial charge >= 0.3 is 12.1 Å². The maximum Gasteiger partial charge on any atom is 0.474 e. The van der Waals surface area contributed by atoms with Crippen molar-refractivity contribution < 1.29 is 35.7 Å². The standard InChI is InChI=1S/C16H8BrF5N2O3S/c1-28(26,24-15(25)16(20,21)22)13-3-2-12(14(17)11(13)7-23)27-10-5-8(18)4-9(19)6-10/h2-6H,1H3. The van der Waals surface area contributed by atoms with Gasteiger partial charge in [-0.2, -0.15) is 18.4 Å². The molecule has 0 saturated heterocycles. The lowest BCUT2D eigenvalue weighted by Gasteiger charge is -2.13. The van der Waals surface area contributed by atoms with E-state index in [1.807, 2.05) is 0 Å². The summed E-state index contributed by atoms with van der Waals surface area (Å²) in [4.78, 5) is 10.6. The monoisotopic (exact) mass is 482 g/mol. The quantitative estimate of drug-likeness (QED) is 0.580. The van der Waals surface area contributed by atoms with Crippen molar-refractivity contribution in [1.29, 1.82) is 5.26 Å². The third-order valence-corrected chi connectivity index (χ3v) is 5.61. The molecule has 0 aliphatic carbocycles. The van der Waals surface area contributed by atoms with E-state index in [0.717, 1.165) is 30.5 Å². The lowest BCUT2D eigenvalue weighted by atomic mass is 10.2. The number of ether oxygens (including phenoxy) is 1. The van der Waals surface area contributed by atoms with Crippen molar-refractivity contribution in [3.05, 3.63) is 52.0 Å². The first-order valence-electron chi connectivity index (χ1n) is 7.05. The van der Waals surface area contributed by atoms with Crippen LogP contribution in [-0.2, 0) is 14.5 Å². The number of rotatable bonds is 3. The Hall–Kier alpha value is -2.52. The number of hydrogen-bond donors (Lipinski definition) is 0. The average Bonchev–Trinajstić information content (AvgIpc) is 2.54. The average molecular weight is 483 g/mol. The first-order chi connectivity index (χ1) is 12.8. The molecule has 1 amide bonds. The Labute approximate surface area is 164 Å². The molecular formula is C16H8BrF5N2O3S. The van der Waals surface area contributed by atoms with E-state index in [2.05, 4.69) is 20.3 Å². The zero-order valence-electron chi connectivity index (χ0n) is 13.7. The molecule has 0 fully saturated rings. The van der Waals surface area contributed by atoms with Crippen LogP contribution in [0.5, 0.6) is 11.5 Å². The number of nitrogens with zero attached hydrogens (tertiary/aromatic N) is 2. The molecular weight excluding hydrogens is 475 g/mol. The van der Waals surface area contributed by atoms with E-state index in [4.69, 9.17) is 4.74 Å². The highest BCUT2D eigenvalue weighted by Crippen LogP contribution is 2.36. The van der Waals surface area contributed by atoms with Crippen LogP contribution in [0, 0.1) is 23.0 Å². The summed E-state index contributed by atoms with van der Waals surface area (Å²) in [7, 11) is -3.93. The minimum absolute atomic E-state index is 0.136. The normalized spacial score (nSPS) is 13.4. The van der Waals surface area contributed by atoms with Crippen molar-refractivity contribution in [2.75, 3.05) is 6.26 Å². The third-order valence-electron chi connectivity index (χ3n) is 3.15. The summed E-state index contributed by atoms with van der Waals surface area (Å²) in [5.41, 5.74) is -0.416. The van der Waals surface area contributed by atoms with Crippen LogP contribution in [0.15, 0.2) is 44.1 Å². The Morgan fingerprint density at radius 1 is 1.21 bits per heavy atom. The van der Waals surface area contributed by atoms with Crippen LogP contribution in [0.25, 0.3) is 0 Å². The van der Waals surface area contributed by atoms with E-state index in [0.29, 0.717) is 6.07 Å². The summed E-state index contributed by atoms with van der Waals surface area (Å²) in [5.74, 6) is -4.81. The number of carbonyl (C=O) groups is 1. The molecule has 12 heteroatoms. The molecule has 5 nitrogen and oxygen atoms in total.